The molecular formula is C6H6O4. The summed E-state index contributed by atoms with van der Waals surface area (Å²) >= 11 is 0. The van der Waals surface area contributed by atoms with Gasteiger partial charge in [-0.05, 0) is 6.08 Å². The normalized spacial score (nSPS) is 9.60. The van der Waals surface area contributed by atoms with Gasteiger partial charge >= 0.3 is 5.97 Å². The Hall–Kier alpha value is -1.45. The molecule has 54 valence electrons. The summed E-state index contributed by atoms with van der Waals surface area (Å²) in [6.45, 7) is 0. The zero-order valence-corrected chi connectivity index (χ0v) is 5.11. The van der Waals surface area contributed by atoms with Crippen LogP contribution in [0, 0.1) is 0 Å². The zero-order chi connectivity index (χ0) is 7.98. The Morgan fingerprint density at radius 1 is 1.30 bits per heavy atom. The third-order valence-electron chi connectivity index (χ3n) is 0.696. The van der Waals surface area contributed by atoms with Crippen LogP contribution in [0.5, 0.6) is 0 Å². The predicted octanol–water partition coefficient (Wildman–Crippen LogP) is -0.215. The summed E-state index contributed by atoms with van der Waals surface area (Å²) in [5.74, 6) is -1.70. The third-order valence-corrected chi connectivity index (χ3v) is 0.696. The second kappa shape index (κ2) is 4.43. The van der Waals surface area contributed by atoms with Crippen LogP contribution in [0.3, 0.4) is 0 Å². The van der Waals surface area contributed by atoms with Crippen molar-refractivity contribution < 1.29 is 19.5 Å². The molecule has 0 amide bonds. The van der Waals surface area contributed by atoms with E-state index in [-0.39, 0.29) is 6.42 Å². The molecule has 4 nitrogen and oxygen atoms in total. The van der Waals surface area contributed by atoms with Crippen molar-refractivity contribution in [1.82, 2.24) is 0 Å². The lowest BCUT2D eigenvalue weighted by atomic mass is 10.3. The average Bonchev–Trinajstić information content (AvgIpc) is 1.85. The first-order valence-electron chi connectivity index (χ1n) is 2.54. The van der Waals surface area contributed by atoms with E-state index in [9.17, 15) is 14.4 Å². The van der Waals surface area contributed by atoms with Gasteiger partial charge in [0.2, 0.25) is 0 Å². The van der Waals surface area contributed by atoms with Gasteiger partial charge in [0.1, 0.15) is 6.29 Å². The van der Waals surface area contributed by atoms with E-state index in [1.807, 2.05) is 0 Å². The van der Waals surface area contributed by atoms with Gasteiger partial charge in [0.15, 0.2) is 5.78 Å². The number of carboxylic acid groups (broad SMARTS) is 1. The molecule has 10 heavy (non-hydrogen) atoms. The number of carbonyl (C=O) groups is 3. The zero-order valence-electron chi connectivity index (χ0n) is 5.11. The number of hydrogen-bond donors (Lipinski definition) is 1. The molecule has 0 saturated heterocycles. The van der Waals surface area contributed by atoms with E-state index in [1.54, 1.807) is 0 Å². The minimum Gasteiger partial charge on any atom is -0.478 e. The molecule has 0 aliphatic carbocycles. The fourth-order valence-electron chi connectivity index (χ4n) is 0.314. The van der Waals surface area contributed by atoms with Gasteiger partial charge in [-0.15, -0.1) is 0 Å². The summed E-state index contributed by atoms with van der Waals surface area (Å²) in [4.78, 5) is 29.8. The van der Waals surface area contributed by atoms with Crippen molar-refractivity contribution in [2.45, 2.75) is 6.42 Å². The maximum Gasteiger partial charge on any atom is 0.328 e. The van der Waals surface area contributed by atoms with Crippen LogP contribution in [0.1, 0.15) is 6.42 Å². The van der Waals surface area contributed by atoms with Crippen LogP contribution in [-0.4, -0.2) is 23.1 Å². The van der Waals surface area contributed by atoms with Gasteiger partial charge in [0.25, 0.3) is 0 Å². The lowest BCUT2D eigenvalue weighted by molar-refractivity contribution is -0.131. The Balaban J connectivity index is 3.77. The average molecular weight is 142 g/mol. The highest BCUT2D eigenvalue weighted by Crippen LogP contribution is 1.80. The second-order valence-electron chi connectivity index (χ2n) is 1.51. The molecule has 0 aliphatic heterocycles. The molecule has 0 radical (unpaired) electrons. The Bertz CT molecular complexity index is 180. The van der Waals surface area contributed by atoms with Gasteiger partial charge in [-0.2, -0.15) is 0 Å². The van der Waals surface area contributed by atoms with Gasteiger partial charge in [-0.1, -0.05) is 0 Å². The molecule has 0 rings (SSSR count). The molecule has 0 saturated carbocycles. The first kappa shape index (κ1) is 8.55. The number of carbonyl (C=O) groups excluding carboxylic acids is 2. The van der Waals surface area contributed by atoms with Crippen molar-refractivity contribution in [3.63, 3.8) is 0 Å². The van der Waals surface area contributed by atoms with Crippen molar-refractivity contribution in [1.29, 1.82) is 0 Å². The van der Waals surface area contributed by atoms with Crippen LogP contribution >= 0.6 is 0 Å². The number of hydrogen-bond acceptors (Lipinski definition) is 3. The SMILES string of the molecule is O=CCC(=O)/C=C\C(=O)O. The van der Waals surface area contributed by atoms with Crippen molar-refractivity contribution in [2.24, 2.45) is 0 Å². The lowest BCUT2D eigenvalue weighted by Gasteiger charge is -1.80. The van der Waals surface area contributed by atoms with Gasteiger partial charge in [-0.25, -0.2) is 4.79 Å². The molecule has 0 bridgehead atoms. The summed E-state index contributed by atoms with van der Waals surface area (Å²) in [6.07, 6.45) is 1.72. The van der Waals surface area contributed by atoms with E-state index in [4.69, 9.17) is 5.11 Å². The molecule has 1 N–H and O–H groups in total. The van der Waals surface area contributed by atoms with Crippen LogP contribution in [0.4, 0.5) is 0 Å². The minimum atomic E-state index is -1.20. The summed E-state index contributed by atoms with van der Waals surface area (Å²) in [5.41, 5.74) is 0. The number of aldehydes is 1. The van der Waals surface area contributed by atoms with Crippen LogP contribution < -0.4 is 0 Å². The van der Waals surface area contributed by atoms with E-state index >= 15 is 0 Å². The summed E-state index contributed by atoms with van der Waals surface area (Å²) in [7, 11) is 0. The minimum absolute atomic E-state index is 0.260. The van der Waals surface area contributed by atoms with Crippen molar-refractivity contribution >= 4 is 18.0 Å². The topological polar surface area (TPSA) is 71.4 Å². The molecule has 0 aliphatic rings. The summed E-state index contributed by atoms with van der Waals surface area (Å²) in [5, 5.41) is 8.00. The van der Waals surface area contributed by atoms with E-state index in [0.29, 0.717) is 12.4 Å². The standard InChI is InChI=1S/C6H6O4/c7-4-3-5(8)1-2-6(9)10/h1-2,4H,3H2,(H,9,10)/b2-1-. The van der Waals surface area contributed by atoms with Crippen molar-refractivity contribution in [2.75, 3.05) is 0 Å². The molecule has 4 heteroatoms. The number of allylic oxidation sites excluding steroid dienone is 1. The van der Waals surface area contributed by atoms with Gasteiger partial charge < -0.3 is 9.90 Å². The van der Waals surface area contributed by atoms with Crippen molar-refractivity contribution in [3.05, 3.63) is 12.2 Å². The number of aliphatic carboxylic acids is 1. The van der Waals surface area contributed by atoms with Gasteiger partial charge in [0, 0.05) is 6.08 Å². The largest absolute Gasteiger partial charge is 0.478 e. The molecule has 0 aromatic carbocycles. The summed E-state index contributed by atoms with van der Waals surface area (Å²) in [6, 6.07) is 0. The molecule has 0 aromatic heterocycles. The smallest absolute Gasteiger partial charge is 0.328 e. The van der Waals surface area contributed by atoms with E-state index < -0.39 is 11.8 Å². The highest BCUT2D eigenvalue weighted by atomic mass is 16.4. The molecule has 0 atom stereocenters. The second-order valence-corrected chi connectivity index (χ2v) is 1.51. The monoisotopic (exact) mass is 142 g/mol. The van der Waals surface area contributed by atoms with E-state index in [0.717, 1.165) is 6.08 Å². The van der Waals surface area contributed by atoms with Gasteiger partial charge in [0.05, 0.1) is 6.42 Å². The molecule has 0 fully saturated rings. The third kappa shape index (κ3) is 4.70. The Labute approximate surface area is 57.2 Å². The fourth-order valence-corrected chi connectivity index (χ4v) is 0.314. The van der Waals surface area contributed by atoms with Crippen LogP contribution in [0.2, 0.25) is 0 Å². The quantitative estimate of drug-likeness (QED) is 0.335. The Morgan fingerprint density at radius 2 is 1.90 bits per heavy atom. The number of ketones is 1. The van der Waals surface area contributed by atoms with Crippen molar-refractivity contribution in [3.8, 4) is 0 Å². The fraction of sp³-hybridized carbons (Fsp3) is 0.167. The predicted molar refractivity (Wildman–Crippen MR) is 32.5 cm³/mol. The van der Waals surface area contributed by atoms with Gasteiger partial charge in [-0.3, -0.25) is 4.79 Å². The molecule has 0 aromatic rings. The highest BCUT2D eigenvalue weighted by Gasteiger charge is 1.94. The van der Waals surface area contributed by atoms with E-state index in [2.05, 4.69) is 0 Å². The van der Waals surface area contributed by atoms with Crippen LogP contribution in [-0.2, 0) is 14.4 Å². The first-order valence-corrected chi connectivity index (χ1v) is 2.54. The lowest BCUT2D eigenvalue weighted by Crippen LogP contribution is -1.95. The Morgan fingerprint density at radius 3 is 2.30 bits per heavy atom. The molecule has 0 spiro atoms. The maximum atomic E-state index is 10.4. The highest BCUT2D eigenvalue weighted by molar-refractivity contribution is 6.00. The van der Waals surface area contributed by atoms with Crippen LogP contribution in [0.25, 0.3) is 0 Å². The molecule has 0 unspecified atom stereocenters. The molecule has 0 heterocycles. The first-order chi connectivity index (χ1) is 4.66. The maximum absolute atomic E-state index is 10.4. The summed E-state index contributed by atoms with van der Waals surface area (Å²) < 4.78 is 0. The van der Waals surface area contributed by atoms with Crippen LogP contribution in [0.15, 0.2) is 12.2 Å². The van der Waals surface area contributed by atoms with E-state index in [1.165, 1.54) is 0 Å². The number of carboxylic acids is 1. The molecular weight excluding hydrogens is 136 g/mol. The Kier molecular flexibility index (Phi) is 3.79. The number of rotatable bonds is 4.